The maximum absolute atomic E-state index is 13.2. The molecule has 0 saturated heterocycles. The Morgan fingerprint density at radius 2 is 1.97 bits per heavy atom. The van der Waals surface area contributed by atoms with Crippen molar-refractivity contribution < 1.29 is 13.9 Å². The van der Waals surface area contributed by atoms with Crippen LogP contribution in [0, 0.1) is 5.82 Å². The zero-order chi connectivity index (χ0) is 20.6. The van der Waals surface area contributed by atoms with Gasteiger partial charge < -0.3 is 20.7 Å². The van der Waals surface area contributed by atoms with Crippen LogP contribution in [0.1, 0.15) is 26.3 Å². The van der Waals surface area contributed by atoms with E-state index in [1.54, 1.807) is 31.4 Å². The Hall–Kier alpha value is -2.43. The molecule has 0 saturated carbocycles. The largest absolute Gasteiger partial charge is 0.439 e. The van der Waals surface area contributed by atoms with E-state index < -0.39 is 0 Å². The van der Waals surface area contributed by atoms with Crippen molar-refractivity contribution in [2.45, 2.75) is 32.9 Å². The minimum atomic E-state index is -0.367. The van der Waals surface area contributed by atoms with Crippen LogP contribution in [0.5, 0.6) is 11.6 Å². The number of guanidine groups is 1. The number of hydrogen-bond donors (Lipinski definition) is 3. The lowest BCUT2D eigenvalue weighted by Gasteiger charge is -2.21. The van der Waals surface area contributed by atoms with Gasteiger partial charge in [-0.15, -0.1) is 24.0 Å². The second-order valence-corrected chi connectivity index (χ2v) is 7.14. The van der Waals surface area contributed by atoms with Gasteiger partial charge in [0.2, 0.25) is 11.8 Å². The number of halogens is 2. The van der Waals surface area contributed by atoms with Crippen molar-refractivity contribution in [3.63, 3.8) is 0 Å². The fourth-order valence-electron chi connectivity index (χ4n) is 2.26. The molecule has 2 rings (SSSR count). The van der Waals surface area contributed by atoms with Crippen molar-refractivity contribution in [1.82, 2.24) is 20.9 Å². The van der Waals surface area contributed by atoms with E-state index in [-0.39, 0.29) is 47.8 Å². The number of nitrogens with zero attached hydrogens (tertiary/aromatic N) is 2. The number of nitrogens with one attached hydrogen (secondary N) is 3. The molecule has 0 aliphatic heterocycles. The van der Waals surface area contributed by atoms with Gasteiger partial charge in [0.15, 0.2) is 5.96 Å². The summed E-state index contributed by atoms with van der Waals surface area (Å²) in [4.78, 5) is 20.2. The summed E-state index contributed by atoms with van der Waals surface area (Å²) in [6.45, 7) is 6.36. The molecule has 3 N–H and O–H groups in total. The molecule has 0 aliphatic carbocycles. The summed E-state index contributed by atoms with van der Waals surface area (Å²) in [5, 5.41) is 8.94. The number of carbonyl (C=O) groups is 1. The molecule has 9 heteroatoms. The van der Waals surface area contributed by atoms with Crippen molar-refractivity contribution >= 4 is 35.8 Å². The van der Waals surface area contributed by atoms with Crippen LogP contribution in [0.25, 0.3) is 0 Å². The van der Waals surface area contributed by atoms with Gasteiger partial charge in [-0.05, 0) is 38.5 Å². The van der Waals surface area contributed by atoms with E-state index in [0.29, 0.717) is 24.1 Å². The van der Waals surface area contributed by atoms with Crippen LogP contribution >= 0.6 is 24.0 Å². The van der Waals surface area contributed by atoms with Crippen molar-refractivity contribution in [1.29, 1.82) is 0 Å². The van der Waals surface area contributed by atoms with Gasteiger partial charge in [-0.25, -0.2) is 9.37 Å². The number of aliphatic imine (C=N–C) groups is 1. The quantitative estimate of drug-likeness (QED) is 0.313. The third kappa shape index (κ3) is 9.55. The van der Waals surface area contributed by atoms with Crippen molar-refractivity contribution in [3.05, 3.63) is 54.0 Å². The number of hydrogen-bond acceptors (Lipinski definition) is 4. The second kappa shape index (κ2) is 11.5. The maximum atomic E-state index is 13.2. The fraction of sp³-hybridized carbons (Fsp3) is 0.350. The van der Waals surface area contributed by atoms with Gasteiger partial charge in [-0.1, -0.05) is 12.1 Å². The van der Waals surface area contributed by atoms with Crippen LogP contribution in [-0.2, 0) is 11.3 Å². The Labute approximate surface area is 187 Å². The highest BCUT2D eigenvalue weighted by atomic mass is 127. The lowest BCUT2D eigenvalue weighted by atomic mass is 10.1. The Morgan fingerprint density at radius 3 is 2.55 bits per heavy atom. The minimum absolute atomic E-state index is 0. The highest BCUT2D eigenvalue weighted by molar-refractivity contribution is 14.0. The monoisotopic (exact) mass is 515 g/mol. The number of carbonyl (C=O) groups excluding carboxylic acids is 1. The van der Waals surface area contributed by atoms with Gasteiger partial charge in [-0.3, -0.25) is 9.79 Å². The summed E-state index contributed by atoms with van der Waals surface area (Å²) < 4.78 is 18.7. The highest BCUT2D eigenvalue weighted by Gasteiger charge is 2.13. The van der Waals surface area contributed by atoms with Gasteiger partial charge in [0.05, 0.1) is 6.54 Å². The molecule has 158 valence electrons. The molecule has 1 aromatic heterocycles. The Balaban J connectivity index is 0.00000420. The molecule has 0 unspecified atom stereocenters. The van der Waals surface area contributed by atoms with Crippen molar-refractivity contribution in [2.24, 2.45) is 4.99 Å². The fourth-order valence-corrected chi connectivity index (χ4v) is 2.26. The number of ether oxygens (including phenoxy) is 1. The smallest absolute Gasteiger partial charge is 0.239 e. The molecule has 2 aromatic rings. The normalized spacial score (nSPS) is 11.3. The van der Waals surface area contributed by atoms with E-state index in [9.17, 15) is 9.18 Å². The molecule has 0 fully saturated rings. The average molecular weight is 515 g/mol. The van der Waals surface area contributed by atoms with Crippen molar-refractivity contribution in [3.8, 4) is 11.6 Å². The third-order valence-corrected chi connectivity index (χ3v) is 3.43. The second-order valence-electron chi connectivity index (χ2n) is 7.14. The summed E-state index contributed by atoms with van der Waals surface area (Å²) in [6, 6.07) is 9.42. The maximum Gasteiger partial charge on any atom is 0.239 e. The summed E-state index contributed by atoms with van der Waals surface area (Å²) in [6.07, 6.45) is 1.65. The lowest BCUT2D eigenvalue weighted by molar-refractivity contribution is -0.121. The van der Waals surface area contributed by atoms with Gasteiger partial charge in [0.25, 0.3) is 0 Å². The van der Waals surface area contributed by atoms with Gasteiger partial charge in [-0.2, -0.15) is 0 Å². The van der Waals surface area contributed by atoms with Crippen LogP contribution in [0.15, 0.2) is 47.6 Å². The SMILES string of the molecule is CN=C(NCC(=O)NC(C)(C)C)NCc1ccc(Oc2cccc(F)c2)nc1.I. The molecule has 1 heterocycles. The van der Waals surface area contributed by atoms with E-state index in [2.05, 4.69) is 25.9 Å². The summed E-state index contributed by atoms with van der Waals surface area (Å²) in [5.74, 6) is 0.778. The van der Waals surface area contributed by atoms with Crippen LogP contribution < -0.4 is 20.7 Å². The van der Waals surface area contributed by atoms with Crippen molar-refractivity contribution in [2.75, 3.05) is 13.6 Å². The molecular formula is C20H27FIN5O2. The first-order valence-corrected chi connectivity index (χ1v) is 8.89. The van der Waals surface area contributed by atoms with E-state index in [1.165, 1.54) is 12.1 Å². The number of aromatic nitrogens is 1. The Morgan fingerprint density at radius 1 is 1.21 bits per heavy atom. The first-order chi connectivity index (χ1) is 13.2. The van der Waals surface area contributed by atoms with Crippen LogP contribution in [-0.4, -0.2) is 36.0 Å². The molecule has 29 heavy (non-hydrogen) atoms. The van der Waals surface area contributed by atoms with Gasteiger partial charge in [0, 0.05) is 37.5 Å². The van der Waals surface area contributed by atoms with E-state index >= 15 is 0 Å². The predicted octanol–water partition coefficient (Wildman–Crippen LogP) is 3.21. The first-order valence-electron chi connectivity index (χ1n) is 8.89. The van der Waals surface area contributed by atoms with Gasteiger partial charge in [0.1, 0.15) is 11.6 Å². The molecule has 0 bridgehead atoms. The Bertz CT molecular complexity index is 822. The summed E-state index contributed by atoms with van der Waals surface area (Å²) in [5.41, 5.74) is 0.616. The topological polar surface area (TPSA) is 87.6 Å². The highest BCUT2D eigenvalue weighted by Crippen LogP contribution is 2.19. The molecular weight excluding hydrogens is 488 g/mol. The first kappa shape index (κ1) is 24.6. The van der Waals surface area contributed by atoms with E-state index in [4.69, 9.17) is 4.74 Å². The number of benzene rings is 1. The average Bonchev–Trinajstić information content (AvgIpc) is 2.62. The molecule has 0 radical (unpaired) electrons. The van der Waals surface area contributed by atoms with Crippen LogP contribution in [0.3, 0.4) is 0 Å². The minimum Gasteiger partial charge on any atom is -0.439 e. The number of rotatable bonds is 6. The van der Waals surface area contributed by atoms with Gasteiger partial charge >= 0.3 is 0 Å². The van der Waals surface area contributed by atoms with Crippen LogP contribution in [0.2, 0.25) is 0 Å². The van der Waals surface area contributed by atoms with Crippen LogP contribution in [0.4, 0.5) is 4.39 Å². The molecule has 0 aliphatic rings. The van der Waals surface area contributed by atoms with E-state index in [1.807, 2.05) is 26.8 Å². The van der Waals surface area contributed by atoms with E-state index in [0.717, 1.165) is 5.56 Å². The number of pyridine rings is 1. The zero-order valence-electron chi connectivity index (χ0n) is 17.0. The molecule has 0 atom stereocenters. The summed E-state index contributed by atoms with van der Waals surface area (Å²) >= 11 is 0. The molecule has 0 spiro atoms. The number of amides is 1. The lowest BCUT2D eigenvalue weighted by Crippen LogP contribution is -2.48. The molecule has 1 amide bonds. The predicted molar refractivity (Wildman–Crippen MR) is 122 cm³/mol. The third-order valence-electron chi connectivity index (χ3n) is 3.43. The zero-order valence-corrected chi connectivity index (χ0v) is 19.3. The standard InChI is InChI=1S/C20H26FN5O2.HI/c1-20(2,3)26-17(27)13-25-19(22-4)24-12-14-8-9-18(23-11-14)28-16-7-5-6-15(21)10-16;/h5-11H,12-13H2,1-4H3,(H,26,27)(H2,22,24,25);1H. The molecule has 1 aromatic carbocycles. The summed E-state index contributed by atoms with van der Waals surface area (Å²) in [7, 11) is 1.63. The molecule has 7 nitrogen and oxygen atoms in total. The Kier molecular flexibility index (Phi) is 9.79.